The molecule has 7 nitrogen and oxygen atoms in total. The lowest BCUT2D eigenvalue weighted by Gasteiger charge is -2.52. The summed E-state index contributed by atoms with van der Waals surface area (Å²) in [6.45, 7) is 6.86. The van der Waals surface area contributed by atoms with Gasteiger partial charge in [0.05, 0.1) is 17.6 Å². The Hall–Kier alpha value is -5.56. The van der Waals surface area contributed by atoms with E-state index in [9.17, 15) is 0 Å². The Bertz CT molecular complexity index is 2420. The van der Waals surface area contributed by atoms with Gasteiger partial charge in [0.25, 0.3) is 0 Å². The first kappa shape index (κ1) is 28.5. The van der Waals surface area contributed by atoms with Gasteiger partial charge in [-0.1, -0.05) is 80.6 Å². The highest BCUT2D eigenvalue weighted by Gasteiger charge is 2.56. The molecule has 4 aromatic carbocycles. The number of hydrogen-bond donors (Lipinski definition) is 0. The number of benzene rings is 4. The van der Waals surface area contributed by atoms with E-state index in [2.05, 4.69) is 152 Å². The third-order valence-corrected chi connectivity index (χ3v) is 11.8. The van der Waals surface area contributed by atoms with Crippen LogP contribution in [-0.2, 0) is 0 Å². The van der Waals surface area contributed by atoms with Gasteiger partial charge in [-0.15, -0.1) is 0 Å². The SMILES string of the molecule is CCC1(CC)C(=C2c3ccccc3N3c4nc(-c5ccccc5C)ncc4N(C)C23)c2ccc3c(oc4ccccc43)c2N2C=CN(C)C21. The van der Waals surface area contributed by atoms with Crippen LogP contribution in [0.5, 0.6) is 0 Å². The molecule has 0 aliphatic carbocycles. The van der Waals surface area contributed by atoms with Gasteiger partial charge >= 0.3 is 0 Å². The summed E-state index contributed by atoms with van der Waals surface area (Å²) in [5.74, 6) is 1.71. The van der Waals surface area contributed by atoms with Crippen LogP contribution in [0.4, 0.5) is 22.9 Å². The number of aromatic nitrogens is 2. The van der Waals surface area contributed by atoms with Crippen molar-refractivity contribution in [2.45, 2.75) is 45.9 Å². The van der Waals surface area contributed by atoms with Crippen molar-refractivity contribution in [2.24, 2.45) is 5.41 Å². The lowest BCUT2D eigenvalue weighted by atomic mass is 9.64. The normalized spacial score (nSPS) is 21.4. The smallest absolute Gasteiger partial charge is 0.162 e. The maximum atomic E-state index is 6.78. The molecule has 0 spiro atoms. The van der Waals surface area contributed by atoms with Crippen LogP contribution in [0.3, 0.4) is 0 Å². The molecule has 0 bridgehead atoms. The number of anilines is 4. The van der Waals surface area contributed by atoms with Crippen LogP contribution >= 0.6 is 0 Å². The van der Waals surface area contributed by atoms with Gasteiger partial charge < -0.3 is 19.1 Å². The summed E-state index contributed by atoms with van der Waals surface area (Å²) < 4.78 is 6.78. The Morgan fingerprint density at radius 3 is 2.35 bits per heavy atom. The molecule has 0 saturated carbocycles. The summed E-state index contributed by atoms with van der Waals surface area (Å²) >= 11 is 0. The quantitative estimate of drug-likeness (QED) is 0.191. The minimum Gasteiger partial charge on any atom is -0.454 e. The van der Waals surface area contributed by atoms with E-state index in [1.165, 1.54) is 33.5 Å². The number of aryl methyl sites for hydroxylation is 1. The molecule has 0 fully saturated rings. The summed E-state index contributed by atoms with van der Waals surface area (Å²) in [6, 6.07) is 30.3. The zero-order valence-corrected chi connectivity index (χ0v) is 28.5. The second kappa shape index (κ2) is 9.98. The molecule has 2 aromatic heterocycles. The van der Waals surface area contributed by atoms with E-state index in [1.807, 2.05) is 6.20 Å². The molecule has 242 valence electrons. The highest BCUT2D eigenvalue weighted by molar-refractivity contribution is 6.16. The van der Waals surface area contributed by atoms with E-state index >= 15 is 0 Å². The molecule has 2 unspecified atom stereocenters. The maximum absolute atomic E-state index is 6.78. The summed E-state index contributed by atoms with van der Waals surface area (Å²) in [5.41, 5.74) is 12.5. The van der Waals surface area contributed by atoms with E-state index in [0.29, 0.717) is 0 Å². The molecule has 0 saturated heterocycles. The Kier molecular flexibility index (Phi) is 5.80. The van der Waals surface area contributed by atoms with Crippen molar-refractivity contribution in [2.75, 3.05) is 28.8 Å². The summed E-state index contributed by atoms with van der Waals surface area (Å²) in [4.78, 5) is 20.0. The highest BCUT2D eigenvalue weighted by atomic mass is 16.3. The first-order valence-corrected chi connectivity index (χ1v) is 17.4. The largest absolute Gasteiger partial charge is 0.454 e. The van der Waals surface area contributed by atoms with Gasteiger partial charge in [-0.3, -0.25) is 4.90 Å². The minimum atomic E-state index is -0.184. The van der Waals surface area contributed by atoms with Gasteiger partial charge in [0, 0.05) is 64.9 Å². The van der Waals surface area contributed by atoms with Crippen LogP contribution in [0.15, 0.2) is 108 Å². The van der Waals surface area contributed by atoms with Gasteiger partial charge in [-0.05, 0) is 49.1 Å². The fourth-order valence-electron chi connectivity index (χ4n) is 9.45. The zero-order valence-electron chi connectivity index (χ0n) is 28.5. The zero-order chi connectivity index (χ0) is 33.2. The molecule has 0 N–H and O–H groups in total. The predicted octanol–water partition coefficient (Wildman–Crippen LogP) is 9.56. The van der Waals surface area contributed by atoms with Gasteiger partial charge in [-0.25, -0.2) is 9.97 Å². The third-order valence-electron chi connectivity index (χ3n) is 11.8. The van der Waals surface area contributed by atoms with E-state index < -0.39 is 0 Å². The molecule has 49 heavy (non-hydrogen) atoms. The number of nitrogens with zero attached hydrogens (tertiary/aromatic N) is 6. The Morgan fingerprint density at radius 2 is 1.53 bits per heavy atom. The molecular formula is C42H38N6O. The van der Waals surface area contributed by atoms with Crippen LogP contribution in [0.1, 0.15) is 43.4 Å². The Labute approximate surface area is 286 Å². The van der Waals surface area contributed by atoms with E-state index in [-0.39, 0.29) is 17.7 Å². The van der Waals surface area contributed by atoms with Crippen molar-refractivity contribution in [3.8, 4) is 11.4 Å². The van der Waals surface area contributed by atoms with Gasteiger partial charge in [0.2, 0.25) is 0 Å². The highest BCUT2D eigenvalue weighted by Crippen LogP contribution is 2.63. The lowest BCUT2D eigenvalue weighted by Crippen LogP contribution is -2.54. The molecule has 0 amide bonds. The number of rotatable bonds is 3. The molecule has 10 rings (SSSR count). The number of likely N-dealkylation sites (N-methyl/N-ethyl adjacent to an activating group) is 1. The van der Waals surface area contributed by atoms with E-state index in [0.717, 1.165) is 63.4 Å². The Balaban J connectivity index is 1.29. The monoisotopic (exact) mass is 642 g/mol. The number of hydrogen-bond acceptors (Lipinski definition) is 7. The molecular weight excluding hydrogens is 605 g/mol. The van der Waals surface area contributed by atoms with Gasteiger partial charge in [-0.2, -0.15) is 0 Å². The fourth-order valence-corrected chi connectivity index (χ4v) is 9.45. The summed E-state index contributed by atoms with van der Waals surface area (Å²) in [6.07, 6.45) is 8.49. The molecule has 0 radical (unpaired) electrons. The second-order valence-electron chi connectivity index (χ2n) is 13.9. The van der Waals surface area contributed by atoms with Crippen LogP contribution < -0.4 is 14.7 Å². The van der Waals surface area contributed by atoms with Gasteiger partial charge in [0.15, 0.2) is 17.2 Å². The standard InChI is InChI=1S/C42H38N6O/c1-6-42(7-2)35(30-21-20-28-27-16-11-13-19-33(27)49-37(28)36(30)47-23-22-45(4)41(42)47)34-29-17-10-12-18-31(29)48-39-32(46(5)40(34)48)24-43-38(44-39)26-15-9-8-14-25(26)3/h8-24,40-41H,6-7H2,1-5H3. The number of furan rings is 1. The number of fused-ring (bicyclic) bond motifs is 12. The predicted molar refractivity (Wildman–Crippen MR) is 200 cm³/mol. The summed E-state index contributed by atoms with van der Waals surface area (Å²) in [7, 11) is 4.43. The minimum absolute atomic E-state index is 0.0771. The molecule has 6 aromatic rings. The van der Waals surface area contributed by atoms with Crippen molar-refractivity contribution >= 4 is 56.0 Å². The molecule has 4 aliphatic rings. The summed E-state index contributed by atoms with van der Waals surface area (Å²) in [5, 5.41) is 2.30. The second-order valence-corrected chi connectivity index (χ2v) is 13.9. The topological polar surface area (TPSA) is 51.9 Å². The first-order valence-electron chi connectivity index (χ1n) is 17.4. The molecule has 4 aliphatic heterocycles. The third kappa shape index (κ3) is 3.52. The first-order chi connectivity index (χ1) is 24.0. The van der Waals surface area contributed by atoms with E-state index in [1.54, 1.807) is 0 Å². The van der Waals surface area contributed by atoms with Crippen molar-refractivity contribution in [3.63, 3.8) is 0 Å². The van der Waals surface area contributed by atoms with Crippen molar-refractivity contribution < 1.29 is 4.42 Å². The average Bonchev–Trinajstić information content (AvgIpc) is 3.88. The molecule has 6 heterocycles. The molecule has 7 heteroatoms. The van der Waals surface area contributed by atoms with Crippen LogP contribution in [0.25, 0.3) is 44.5 Å². The maximum Gasteiger partial charge on any atom is 0.162 e. The average molecular weight is 643 g/mol. The van der Waals surface area contributed by atoms with Crippen molar-refractivity contribution in [1.82, 2.24) is 14.9 Å². The van der Waals surface area contributed by atoms with Gasteiger partial charge in [0.1, 0.15) is 23.6 Å². The van der Waals surface area contributed by atoms with Crippen molar-refractivity contribution in [1.29, 1.82) is 0 Å². The van der Waals surface area contributed by atoms with Crippen LogP contribution in [0.2, 0.25) is 0 Å². The fraction of sp³-hybridized carbons (Fsp3) is 0.238. The lowest BCUT2D eigenvalue weighted by molar-refractivity contribution is 0.175. The van der Waals surface area contributed by atoms with E-state index in [4.69, 9.17) is 14.4 Å². The van der Waals surface area contributed by atoms with Crippen molar-refractivity contribution in [3.05, 3.63) is 120 Å². The van der Waals surface area contributed by atoms with Crippen LogP contribution in [0, 0.1) is 12.3 Å². The number of para-hydroxylation sites is 2. The Morgan fingerprint density at radius 1 is 0.776 bits per heavy atom. The van der Waals surface area contributed by atoms with Crippen LogP contribution in [-0.4, -0.2) is 41.3 Å². The molecule has 2 atom stereocenters.